The van der Waals surface area contributed by atoms with Gasteiger partial charge in [0, 0.05) is 43.8 Å². The van der Waals surface area contributed by atoms with Gasteiger partial charge in [0.1, 0.15) is 11.2 Å². The van der Waals surface area contributed by atoms with E-state index >= 15 is 0 Å². The van der Waals surface area contributed by atoms with Crippen LogP contribution >= 0.6 is 0 Å². The average Bonchev–Trinajstić information content (AvgIpc) is 3.78. The summed E-state index contributed by atoms with van der Waals surface area (Å²) in [5, 5.41) is 4.63. The van der Waals surface area contributed by atoms with Crippen LogP contribution in [0.1, 0.15) is 52.7 Å². The molecule has 0 saturated carbocycles. The first-order valence-corrected chi connectivity index (χ1v) is 20.0. The van der Waals surface area contributed by atoms with Crippen LogP contribution in [0.25, 0.3) is 94.7 Å². The van der Waals surface area contributed by atoms with Gasteiger partial charge in [0.25, 0.3) is 0 Å². The lowest BCUT2D eigenvalue weighted by Gasteiger charge is -2.19. The minimum Gasteiger partial charge on any atom is -0.455 e. The lowest BCUT2D eigenvalue weighted by molar-refractivity contribution is 0.590. The highest BCUT2D eigenvalue weighted by molar-refractivity contribution is 6.11. The molecule has 3 aromatic heterocycles. The second-order valence-electron chi connectivity index (χ2n) is 17.3. The van der Waals surface area contributed by atoms with E-state index in [1.165, 1.54) is 21.9 Å². The summed E-state index contributed by atoms with van der Waals surface area (Å²) in [5.41, 5.74) is 12.3. The molecule has 0 N–H and O–H groups in total. The fourth-order valence-electron chi connectivity index (χ4n) is 8.20. The smallest absolute Gasteiger partial charge is 0.166 e. The Morgan fingerprint density at radius 2 is 0.948 bits per heavy atom. The Morgan fingerprint density at radius 1 is 0.414 bits per heavy atom. The normalized spacial score (nSPS) is 12.3. The molecule has 0 saturated heterocycles. The van der Waals surface area contributed by atoms with E-state index in [4.69, 9.17) is 19.4 Å². The lowest BCUT2D eigenvalue weighted by atomic mass is 9.85. The van der Waals surface area contributed by atoms with E-state index in [0.717, 1.165) is 66.5 Å². The van der Waals surface area contributed by atoms with Crippen molar-refractivity contribution in [2.24, 2.45) is 0 Å². The molecule has 0 aliphatic carbocycles. The molecule has 0 aliphatic rings. The molecule has 0 bridgehead atoms. The van der Waals surface area contributed by atoms with E-state index in [-0.39, 0.29) is 10.8 Å². The molecule has 5 nitrogen and oxygen atoms in total. The minimum absolute atomic E-state index is 0.0126. The summed E-state index contributed by atoms with van der Waals surface area (Å²) in [5.74, 6) is 1.83. The monoisotopic (exact) mass is 752 g/mol. The first kappa shape index (κ1) is 35.6. The quantitative estimate of drug-likeness (QED) is 0.176. The zero-order chi connectivity index (χ0) is 39.8. The van der Waals surface area contributed by atoms with Crippen LogP contribution in [-0.4, -0.2) is 19.5 Å². The number of fused-ring (bicyclic) bond motifs is 6. The van der Waals surface area contributed by atoms with Gasteiger partial charge < -0.3 is 8.98 Å². The number of hydrogen-bond acceptors (Lipinski definition) is 4. The Kier molecular flexibility index (Phi) is 8.20. The maximum atomic E-state index is 6.59. The predicted octanol–water partition coefficient (Wildman–Crippen LogP) is 14.1. The second kappa shape index (κ2) is 13.4. The highest BCUT2D eigenvalue weighted by Crippen LogP contribution is 2.42. The molecule has 0 radical (unpaired) electrons. The average molecular weight is 753 g/mol. The maximum absolute atomic E-state index is 6.59. The Morgan fingerprint density at radius 3 is 1.53 bits per heavy atom. The van der Waals surface area contributed by atoms with E-state index in [2.05, 4.69) is 155 Å². The van der Waals surface area contributed by atoms with Gasteiger partial charge in [-0.2, -0.15) is 0 Å². The van der Waals surface area contributed by atoms with Crippen molar-refractivity contribution in [1.29, 1.82) is 0 Å². The van der Waals surface area contributed by atoms with Crippen LogP contribution in [0.2, 0.25) is 0 Å². The summed E-state index contributed by atoms with van der Waals surface area (Å²) < 4.78 is 8.99. The number of benzene rings is 7. The summed E-state index contributed by atoms with van der Waals surface area (Å²) in [6.45, 7) is 13.7. The SMILES string of the molecule is CC(C)(C)c1ccc2c(c1)c1cc(C(C)(C)C)ccc1n2-c1ccc(-c2cccc3c2oc2ccccc23)cc1-c1nc(-c2ccccc2)nc(-c2ccccc2)n1. The minimum atomic E-state index is -0.0126. The molecule has 0 aliphatic heterocycles. The summed E-state index contributed by atoms with van der Waals surface area (Å²) in [6, 6.07) is 55.6. The van der Waals surface area contributed by atoms with E-state index in [1.54, 1.807) is 0 Å². The van der Waals surface area contributed by atoms with Crippen molar-refractivity contribution < 1.29 is 4.42 Å². The number of para-hydroxylation sites is 2. The molecule has 0 fully saturated rings. The molecule has 7 aromatic carbocycles. The first-order chi connectivity index (χ1) is 28.0. The van der Waals surface area contributed by atoms with Crippen molar-refractivity contribution in [3.05, 3.63) is 169 Å². The van der Waals surface area contributed by atoms with Crippen molar-refractivity contribution >= 4 is 43.7 Å². The fourth-order valence-corrected chi connectivity index (χ4v) is 8.20. The Labute approximate surface area is 338 Å². The molecule has 0 unspecified atom stereocenters. The third-order valence-electron chi connectivity index (χ3n) is 11.4. The van der Waals surface area contributed by atoms with Gasteiger partial charge in [-0.15, -0.1) is 0 Å². The van der Waals surface area contributed by atoms with Crippen molar-refractivity contribution in [3.63, 3.8) is 0 Å². The summed E-state index contributed by atoms with van der Waals surface area (Å²) >= 11 is 0. The number of furan rings is 1. The number of nitrogens with zero attached hydrogens (tertiary/aromatic N) is 4. The van der Waals surface area contributed by atoms with Gasteiger partial charge in [-0.1, -0.05) is 157 Å². The molecule has 0 spiro atoms. The van der Waals surface area contributed by atoms with Crippen LogP contribution < -0.4 is 0 Å². The van der Waals surface area contributed by atoms with Gasteiger partial charge in [0.2, 0.25) is 0 Å². The maximum Gasteiger partial charge on any atom is 0.166 e. The first-order valence-electron chi connectivity index (χ1n) is 20.0. The lowest BCUT2D eigenvalue weighted by Crippen LogP contribution is -2.10. The van der Waals surface area contributed by atoms with E-state index in [0.29, 0.717) is 17.5 Å². The van der Waals surface area contributed by atoms with Crippen LogP contribution in [-0.2, 0) is 10.8 Å². The molecule has 10 rings (SSSR count). The van der Waals surface area contributed by atoms with Gasteiger partial charge in [-0.3, -0.25) is 0 Å². The molecular formula is C53H44N4O. The van der Waals surface area contributed by atoms with Crippen LogP contribution in [0, 0.1) is 0 Å². The van der Waals surface area contributed by atoms with Gasteiger partial charge in [-0.25, -0.2) is 15.0 Å². The summed E-state index contributed by atoms with van der Waals surface area (Å²) in [6.07, 6.45) is 0. The third kappa shape index (κ3) is 6.06. The molecule has 282 valence electrons. The summed E-state index contributed by atoms with van der Waals surface area (Å²) in [4.78, 5) is 15.7. The van der Waals surface area contributed by atoms with Crippen LogP contribution in [0.15, 0.2) is 162 Å². The number of rotatable bonds is 5. The molecular weight excluding hydrogens is 709 g/mol. The standard InChI is InChI=1S/C53H44N4O/c1-52(2,3)36-25-28-44-41(31-36)42-32-37(53(4,5)6)26-29-45(42)57(44)46-27-24-35(38-21-15-22-40-39-20-13-14-23-47(39)58-48(38)40)30-43(46)51-55-49(33-16-9-7-10-17-33)54-50(56-51)34-18-11-8-12-19-34/h7-32H,1-6H3. The number of hydrogen-bond donors (Lipinski definition) is 0. The Bertz CT molecular complexity index is 3050. The van der Waals surface area contributed by atoms with Crippen LogP contribution in [0.3, 0.4) is 0 Å². The van der Waals surface area contributed by atoms with E-state index in [1.807, 2.05) is 48.5 Å². The van der Waals surface area contributed by atoms with Crippen LogP contribution in [0.5, 0.6) is 0 Å². The Hall–Kier alpha value is -6.85. The van der Waals surface area contributed by atoms with Crippen molar-refractivity contribution in [2.75, 3.05) is 0 Å². The number of aromatic nitrogens is 4. The van der Waals surface area contributed by atoms with Gasteiger partial charge >= 0.3 is 0 Å². The fraction of sp³-hybridized carbons (Fsp3) is 0.151. The highest BCUT2D eigenvalue weighted by Gasteiger charge is 2.24. The molecule has 0 atom stereocenters. The summed E-state index contributed by atoms with van der Waals surface area (Å²) in [7, 11) is 0. The van der Waals surface area contributed by atoms with Crippen LogP contribution in [0.4, 0.5) is 0 Å². The molecule has 3 heterocycles. The Balaban J connectivity index is 1.30. The zero-order valence-corrected chi connectivity index (χ0v) is 33.7. The van der Waals surface area contributed by atoms with E-state index < -0.39 is 0 Å². The highest BCUT2D eigenvalue weighted by atomic mass is 16.3. The van der Waals surface area contributed by atoms with Gasteiger partial charge in [0.05, 0.1) is 16.7 Å². The van der Waals surface area contributed by atoms with Gasteiger partial charge in [0.15, 0.2) is 17.5 Å². The van der Waals surface area contributed by atoms with Gasteiger partial charge in [-0.05, 0) is 70.0 Å². The van der Waals surface area contributed by atoms with Crippen molar-refractivity contribution in [2.45, 2.75) is 52.4 Å². The van der Waals surface area contributed by atoms with Crippen molar-refractivity contribution in [3.8, 4) is 51.0 Å². The predicted molar refractivity (Wildman–Crippen MR) is 241 cm³/mol. The molecule has 0 amide bonds. The largest absolute Gasteiger partial charge is 0.455 e. The second-order valence-corrected chi connectivity index (χ2v) is 17.3. The molecule has 10 aromatic rings. The zero-order valence-electron chi connectivity index (χ0n) is 33.7. The van der Waals surface area contributed by atoms with E-state index in [9.17, 15) is 0 Å². The topological polar surface area (TPSA) is 56.7 Å². The van der Waals surface area contributed by atoms with Crippen molar-refractivity contribution in [1.82, 2.24) is 19.5 Å². The molecule has 5 heteroatoms. The molecule has 58 heavy (non-hydrogen) atoms. The third-order valence-corrected chi connectivity index (χ3v) is 11.4.